The Bertz CT molecular complexity index is 1030. The van der Waals surface area contributed by atoms with Crippen molar-refractivity contribution in [1.82, 2.24) is 9.80 Å². The Hall–Kier alpha value is -3.48. The number of likely N-dealkylation sites (tertiary alicyclic amines) is 1. The van der Waals surface area contributed by atoms with E-state index in [0.717, 1.165) is 29.7 Å². The molecule has 0 unspecified atom stereocenters. The summed E-state index contributed by atoms with van der Waals surface area (Å²) in [5.41, 5.74) is 1.40. The number of hydrogen-bond donors (Lipinski definition) is 0. The van der Waals surface area contributed by atoms with E-state index in [9.17, 15) is 19.2 Å². The van der Waals surface area contributed by atoms with Crippen LogP contribution < -0.4 is 0 Å². The van der Waals surface area contributed by atoms with Gasteiger partial charge in [0, 0.05) is 13.1 Å². The van der Waals surface area contributed by atoms with Crippen LogP contribution in [0.5, 0.6) is 0 Å². The van der Waals surface area contributed by atoms with Crippen LogP contribution in [0.1, 0.15) is 62.8 Å². The van der Waals surface area contributed by atoms with Gasteiger partial charge in [-0.05, 0) is 49.9 Å². The molecule has 0 aromatic heterocycles. The van der Waals surface area contributed by atoms with Gasteiger partial charge in [0.15, 0.2) is 6.10 Å². The quantitative estimate of drug-likeness (QED) is 0.548. The molecule has 0 N–H and O–H groups in total. The molecule has 1 atom stereocenters. The van der Waals surface area contributed by atoms with Gasteiger partial charge >= 0.3 is 5.97 Å². The highest BCUT2D eigenvalue weighted by molar-refractivity contribution is 6.21. The summed E-state index contributed by atoms with van der Waals surface area (Å²) in [6, 6.07) is 13.5. The highest BCUT2D eigenvalue weighted by atomic mass is 16.5. The Balaban J connectivity index is 1.46. The van der Waals surface area contributed by atoms with Gasteiger partial charge in [-0.2, -0.15) is 0 Å². The molecule has 2 aromatic rings. The first-order chi connectivity index (χ1) is 15.0. The fourth-order valence-corrected chi connectivity index (χ4v) is 3.98. The molecule has 0 saturated carbocycles. The monoisotopic (exact) mass is 420 g/mol. The normalized spacial score (nSPS) is 16.8. The Morgan fingerprint density at radius 3 is 2.32 bits per heavy atom. The number of amides is 3. The zero-order chi connectivity index (χ0) is 22.0. The van der Waals surface area contributed by atoms with Gasteiger partial charge in [-0.15, -0.1) is 0 Å². The molecular weight excluding hydrogens is 396 g/mol. The summed E-state index contributed by atoms with van der Waals surface area (Å²) in [6.45, 7) is 3.06. The number of esters is 1. The van der Waals surface area contributed by atoms with Crippen LogP contribution in [0.3, 0.4) is 0 Å². The van der Waals surface area contributed by atoms with Crippen molar-refractivity contribution in [3.05, 3.63) is 70.8 Å². The van der Waals surface area contributed by atoms with Gasteiger partial charge in [-0.25, -0.2) is 4.79 Å². The SMILES string of the molecule is C[C@H](OC(=O)c1ccc2c(c1)C(=O)N(Cc1ccccc1)C2=O)C(=O)N1CCCCC1. The Labute approximate surface area is 180 Å². The van der Waals surface area contributed by atoms with Crippen LogP contribution >= 0.6 is 0 Å². The van der Waals surface area contributed by atoms with Crippen LogP contribution in [0.4, 0.5) is 0 Å². The lowest BCUT2D eigenvalue weighted by atomic mass is 10.1. The third kappa shape index (κ3) is 4.21. The molecule has 0 radical (unpaired) electrons. The maximum absolute atomic E-state index is 12.8. The molecule has 0 bridgehead atoms. The van der Waals surface area contributed by atoms with Crippen molar-refractivity contribution in [3.8, 4) is 0 Å². The molecule has 0 spiro atoms. The number of hydrogen-bond acceptors (Lipinski definition) is 5. The van der Waals surface area contributed by atoms with Crippen molar-refractivity contribution >= 4 is 23.7 Å². The lowest BCUT2D eigenvalue weighted by Gasteiger charge is -2.28. The van der Waals surface area contributed by atoms with Crippen molar-refractivity contribution in [2.45, 2.75) is 38.8 Å². The molecule has 160 valence electrons. The fourth-order valence-electron chi connectivity index (χ4n) is 3.98. The summed E-state index contributed by atoms with van der Waals surface area (Å²) in [6.07, 6.45) is 2.09. The van der Waals surface area contributed by atoms with Crippen LogP contribution in [0.2, 0.25) is 0 Å². The summed E-state index contributed by atoms with van der Waals surface area (Å²) in [5.74, 6) is -1.75. The van der Waals surface area contributed by atoms with E-state index >= 15 is 0 Å². The summed E-state index contributed by atoms with van der Waals surface area (Å²) < 4.78 is 5.36. The van der Waals surface area contributed by atoms with Gasteiger partial charge in [0.2, 0.25) is 0 Å². The van der Waals surface area contributed by atoms with Crippen molar-refractivity contribution in [3.63, 3.8) is 0 Å². The van der Waals surface area contributed by atoms with Gasteiger partial charge < -0.3 is 9.64 Å². The predicted octanol–water partition coefficient (Wildman–Crippen LogP) is 3.04. The smallest absolute Gasteiger partial charge is 0.338 e. The zero-order valence-electron chi connectivity index (χ0n) is 17.4. The zero-order valence-corrected chi connectivity index (χ0v) is 17.4. The highest BCUT2D eigenvalue weighted by Crippen LogP contribution is 2.26. The van der Waals surface area contributed by atoms with E-state index in [1.54, 1.807) is 11.8 Å². The van der Waals surface area contributed by atoms with E-state index in [4.69, 9.17) is 4.74 Å². The van der Waals surface area contributed by atoms with Gasteiger partial charge in [0.05, 0.1) is 23.2 Å². The first-order valence-electron chi connectivity index (χ1n) is 10.5. The summed E-state index contributed by atoms with van der Waals surface area (Å²) in [4.78, 5) is 53.5. The average Bonchev–Trinajstić information content (AvgIpc) is 3.04. The lowest BCUT2D eigenvalue weighted by Crippen LogP contribution is -2.42. The van der Waals surface area contributed by atoms with Gasteiger partial charge in [0.1, 0.15) is 0 Å². The van der Waals surface area contributed by atoms with Crippen molar-refractivity contribution < 1.29 is 23.9 Å². The van der Waals surface area contributed by atoms with Gasteiger partial charge in [-0.1, -0.05) is 30.3 Å². The molecule has 1 saturated heterocycles. The molecule has 0 aliphatic carbocycles. The van der Waals surface area contributed by atoms with Crippen LogP contribution in [-0.2, 0) is 16.1 Å². The first-order valence-corrected chi connectivity index (χ1v) is 10.5. The van der Waals surface area contributed by atoms with Gasteiger partial charge in [-0.3, -0.25) is 19.3 Å². The Kier molecular flexibility index (Phi) is 5.84. The second-order valence-corrected chi connectivity index (χ2v) is 7.88. The largest absolute Gasteiger partial charge is 0.449 e. The van der Waals surface area contributed by atoms with Gasteiger partial charge in [0.25, 0.3) is 17.7 Å². The van der Waals surface area contributed by atoms with Crippen LogP contribution in [-0.4, -0.2) is 52.7 Å². The number of carbonyl (C=O) groups is 4. The van der Waals surface area contributed by atoms with E-state index in [0.29, 0.717) is 13.1 Å². The average molecular weight is 420 g/mol. The third-order valence-electron chi connectivity index (χ3n) is 5.69. The second kappa shape index (κ2) is 8.71. The van der Waals surface area contributed by atoms with E-state index in [1.165, 1.54) is 18.2 Å². The van der Waals surface area contributed by atoms with Crippen LogP contribution in [0, 0.1) is 0 Å². The first kappa shape index (κ1) is 20.8. The van der Waals surface area contributed by atoms with Crippen molar-refractivity contribution in [2.24, 2.45) is 0 Å². The van der Waals surface area contributed by atoms with E-state index in [-0.39, 0.29) is 29.1 Å². The molecule has 4 rings (SSSR count). The van der Waals surface area contributed by atoms with Crippen molar-refractivity contribution in [1.29, 1.82) is 0 Å². The number of ether oxygens (including phenoxy) is 1. The summed E-state index contributed by atoms with van der Waals surface area (Å²) >= 11 is 0. The number of rotatable bonds is 5. The Morgan fingerprint density at radius 2 is 1.61 bits per heavy atom. The Morgan fingerprint density at radius 1 is 0.935 bits per heavy atom. The minimum Gasteiger partial charge on any atom is -0.449 e. The second-order valence-electron chi connectivity index (χ2n) is 7.88. The molecular formula is C24H24N2O5. The number of benzene rings is 2. The number of fused-ring (bicyclic) bond motifs is 1. The summed E-state index contributed by atoms with van der Waals surface area (Å²) in [5, 5.41) is 0. The minimum absolute atomic E-state index is 0.139. The molecule has 7 heteroatoms. The molecule has 2 heterocycles. The molecule has 7 nitrogen and oxygen atoms in total. The number of imide groups is 1. The molecule has 31 heavy (non-hydrogen) atoms. The van der Waals surface area contributed by atoms with Crippen molar-refractivity contribution in [2.75, 3.05) is 13.1 Å². The standard InChI is InChI=1S/C24H24N2O5/c1-16(21(27)25-12-6-3-7-13-25)31-24(30)18-10-11-19-20(14-18)23(29)26(22(19)28)15-17-8-4-2-5-9-17/h2,4-5,8-11,14,16H,3,6-7,12-13,15H2,1H3/t16-/m0/s1. The van der Waals surface area contributed by atoms with E-state index in [2.05, 4.69) is 0 Å². The van der Waals surface area contributed by atoms with Crippen LogP contribution in [0.25, 0.3) is 0 Å². The van der Waals surface area contributed by atoms with E-state index < -0.39 is 23.9 Å². The topological polar surface area (TPSA) is 84.0 Å². The fraction of sp³-hybridized carbons (Fsp3) is 0.333. The molecule has 2 aliphatic rings. The number of nitrogens with zero attached hydrogens (tertiary/aromatic N) is 2. The molecule has 1 fully saturated rings. The molecule has 3 amide bonds. The maximum atomic E-state index is 12.8. The molecule has 2 aromatic carbocycles. The lowest BCUT2D eigenvalue weighted by molar-refractivity contribution is -0.140. The third-order valence-corrected chi connectivity index (χ3v) is 5.69. The maximum Gasteiger partial charge on any atom is 0.338 e. The molecule has 2 aliphatic heterocycles. The number of piperidine rings is 1. The summed E-state index contributed by atoms with van der Waals surface area (Å²) in [7, 11) is 0. The number of carbonyl (C=O) groups excluding carboxylic acids is 4. The van der Waals surface area contributed by atoms with Crippen LogP contribution in [0.15, 0.2) is 48.5 Å². The van der Waals surface area contributed by atoms with E-state index in [1.807, 2.05) is 30.3 Å². The predicted molar refractivity (Wildman–Crippen MR) is 112 cm³/mol. The highest BCUT2D eigenvalue weighted by Gasteiger charge is 2.36. The minimum atomic E-state index is -0.911.